The van der Waals surface area contributed by atoms with Crippen molar-refractivity contribution < 1.29 is 19.1 Å². The number of aromatic nitrogens is 1. The van der Waals surface area contributed by atoms with E-state index in [1.165, 1.54) is 12.3 Å². The Hall–Kier alpha value is -1.50. The van der Waals surface area contributed by atoms with Gasteiger partial charge >= 0.3 is 6.09 Å². The molecule has 0 fully saturated rings. The summed E-state index contributed by atoms with van der Waals surface area (Å²) in [4.78, 5) is 25.2. The molecule has 86 valence electrons. The minimum Gasteiger partial charge on any atom is -0.465 e. The Morgan fingerprint density at radius 2 is 2.25 bits per heavy atom. The second-order valence-electron chi connectivity index (χ2n) is 2.83. The summed E-state index contributed by atoms with van der Waals surface area (Å²) in [5.74, 6) is -1.21. The van der Waals surface area contributed by atoms with Crippen molar-refractivity contribution in [1.29, 1.82) is 0 Å². The molecule has 0 atom stereocenters. The lowest BCUT2D eigenvalue weighted by atomic mass is 10.1. The summed E-state index contributed by atoms with van der Waals surface area (Å²) in [5.41, 5.74) is -0.205. The summed E-state index contributed by atoms with van der Waals surface area (Å²) in [6.45, 7) is -0.273. The zero-order valence-electron chi connectivity index (χ0n) is 8.04. The third kappa shape index (κ3) is 2.99. The zero-order valence-corrected chi connectivity index (χ0v) is 9.62. The number of hydrogen-bond donors (Lipinski definition) is 2. The predicted molar refractivity (Wildman–Crippen MR) is 57.2 cm³/mol. The van der Waals surface area contributed by atoms with Crippen LogP contribution in [0.3, 0.4) is 0 Å². The minimum absolute atomic E-state index is 0.000265. The standard InChI is InChI=1S/C9H8BrFN2O3/c10-3-7(14)5-1-2-12-6(8(5)11)4-13-9(15)16/h1-2,13H,3-4H2,(H,15,16). The number of alkyl halides is 1. The van der Waals surface area contributed by atoms with E-state index in [1.54, 1.807) is 0 Å². The molecule has 0 bridgehead atoms. The molecule has 0 aromatic carbocycles. The largest absolute Gasteiger partial charge is 0.465 e. The second-order valence-corrected chi connectivity index (χ2v) is 3.40. The Kier molecular flexibility index (Phi) is 4.36. The van der Waals surface area contributed by atoms with Gasteiger partial charge in [0.1, 0.15) is 0 Å². The molecule has 2 N–H and O–H groups in total. The smallest absolute Gasteiger partial charge is 0.404 e. The van der Waals surface area contributed by atoms with E-state index in [-0.39, 0.29) is 23.1 Å². The van der Waals surface area contributed by atoms with Gasteiger partial charge in [0, 0.05) is 6.20 Å². The molecule has 0 aliphatic rings. The molecular formula is C9H8BrFN2O3. The molecule has 0 aliphatic carbocycles. The highest BCUT2D eigenvalue weighted by atomic mass is 79.9. The number of amides is 1. The monoisotopic (exact) mass is 290 g/mol. The maximum absolute atomic E-state index is 13.6. The number of carboxylic acid groups (broad SMARTS) is 1. The van der Waals surface area contributed by atoms with E-state index in [9.17, 15) is 14.0 Å². The highest BCUT2D eigenvalue weighted by Gasteiger charge is 2.15. The molecule has 5 nitrogen and oxygen atoms in total. The molecule has 1 aromatic heterocycles. The lowest BCUT2D eigenvalue weighted by Crippen LogP contribution is -2.22. The van der Waals surface area contributed by atoms with Gasteiger partial charge in [-0.1, -0.05) is 15.9 Å². The van der Waals surface area contributed by atoms with Crippen molar-refractivity contribution in [2.45, 2.75) is 6.54 Å². The molecule has 16 heavy (non-hydrogen) atoms. The molecule has 0 saturated heterocycles. The van der Waals surface area contributed by atoms with Crippen LogP contribution in [0.5, 0.6) is 0 Å². The normalized spacial score (nSPS) is 9.88. The SMILES string of the molecule is O=C(O)NCc1nccc(C(=O)CBr)c1F. The number of ketones is 1. The average Bonchev–Trinajstić information content (AvgIpc) is 2.26. The fraction of sp³-hybridized carbons (Fsp3) is 0.222. The summed E-state index contributed by atoms with van der Waals surface area (Å²) >= 11 is 2.93. The lowest BCUT2D eigenvalue weighted by Gasteiger charge is -2.05. The summed E-state index contributed by atoms with van der Waals surface area (Å²) < 4.78 is 13.6. The fourth-order valence-corrected chi connectivity index (χ4v) is 1.36. The zero-order chi connectivity index (χ0) is 12.1. The van der Waals surface area contributed by atoms with Crippen molar-refractivity contribution in [3.05, 3.63) is 29.3 Å². The number of nitrogens with zero attached hydrogens (tertiary/aromatic N) is 1. The van der Waals surface area contributed by atoms with E-state index in [4.69, 9.17) is 5.11 Å². The topological polar surface area (TPSA) is 79.3 Å². The van der Waals surface area contributed by atoms with Gasteiger partial charge < -0.3 is 10.4 Å². The molecule has 1 rings (SSSR count). The van der Waals surface area contributed by atoms with Crippen LogP contribution in [0, 0.1) is 5.82 Å². The van der Waals surface area contributed by atoms with E-state index < -0.39 is 17.7 Å². The first-order valence-corrected chi connectivity index (χ1v) is 5.37. The van der Waals surface area contributed by atoms with E-state index in [0.717, 1.165) is 0 Å². The number of Topliss-reactive ketones (excluding diaryl/α,β-unsaturated/α-hetero) is 1. The van der Waals surface area contributed by atoms with Crippen LogP contribution in [0.4, 0.5) is 9.18 Å². The minimum atomic E-state index is -1.28. The maximum atomic E-state index is 13.6. The lowest BCUT2D eigenvalue weighted by molar-refractivity contribution is 0.101. The van der Waals surface area contributed by atoms with Crippen LogP contribution in [0.25, 0.3) is 0 Å². The third-order valence-electron chi connectivity index (χ3n) is 1.79. The van der Waals surface area contributed by atoms with Gasteiger partial charge in [0.25, 0.3) is 0 Å². The molecule has 0 saturated carbocycles. The van der Waals surface area contributed by atoms with E-state index in [0.29, 0.717) is 0 Å². The highest BCUT2D eigenvalue weighted by Crippen LogP contribution is 2.12. The van der Waals surface area contributed by atoms with Gasteiger partial charge in [0.2, 0.25) is 0 Å². The summed E-state index contributed by atoms with van der Waals surface area (Å²) in [6, 6.07) is 1.25. The van der Waals surface area contributed by atoms with Gasteiger partial charge in [-0.25, -0.2) is 9.18 Å². The van der Waals surface area contributed by atoms with Crippen LogP contribution in [-0.2, 0) is 6.54 Å². The molecule has 1 aromatic rings. The Balaban J connectivity index is 2.94. The Labute approximate surface area is 98.8 Å². The van der Waals surface area contributed by atoms with Gasteiger partial charge in [0.15, 0.2) is 11.6 Å². The Morgan fingerprint density at radius 3 is 2.81 bits per heavy atom. The first-order chi connectivity index (χ1) is 7.56. The van der Waals surface area contributed by atoms with Crippen LogP contribution >= 0.6 is 15.9 Å². The third-order valence-corrected chi connectivity index (χ3v) is 2.30. The number of hydrogen-bond acceptors (Lipinski definition) is 3. The van der Waals surface area contributed by atoms with Crippen molar-refractivity contribution in [1.82, 2.24) is 10.3 Å². The fourth-order valence-electron chi connectivity index (χ4n) is 1.06. The van der Waals surface area contributed by atoms with Crippen molar-refractivity contribution in [2.24, 2.45) is 0 Å². The molecule has 0 unspecified atom stereocenters. The first-order valence-electron chi connectivity index (χ1n) is 4.25. The maximum Gasteiger partial charge on any atom is 0.404 e. The molecule has 0 aliphatic heterocycles. The molecule has 0 spiro atoms. The van der Waals surface area contributed by atoms with E-state index >= 15 is 0 Å². The predicted octanol–water partition coefficient (Wildman–Crippen LogP) is 1.57. The van der Waals surface area contributed by atoms with Gasteiger partial charge in [-0.3, -0.25) is 9.78 Å². The van der Waals surface area contributed by atoms with Crippen LogP contribution in [0.15, 0.2) is 12.3 Å². The van der Waals surface area contributed by atoms with Gasteiger partial charge in [0.05, 0.1) is 23.1 Å². The molecule has 0 radical (unpaired) electrons. The molecule has 7 heteroatoms. The van der Waals surface area contributed by atoms with Gasteiger partial charge in [-0.15, -0.1) is 0 Å². The summed E-state index contributed by atoms with van der Waals surface area (Å²) in [6.07, 6.45) is -0.0175. The van der Waals surface area contributed by atoms with Crippen LogP contribution < -0.4 is 5.32 Å². The quantitative estimate of drug-likeness (QED) is 0.652. The van der Waals surface area contributed by atoms with Crippen molar-refractivity contribution in [2.75, 3.05) is 5.33 Å². The first kappa shape index (κ1) is 12.6. The Bertz CT molecular complexity index is 425. The van der Waals surface area contributed by atoms with Crippen LogP contribution in [-0.4, -0.2) is 27.3 Å². The summed E-state index contributed by atoms with van der Waals surface area (Å²) in [5, 5.41) is 10.3. The summed E-state index contributed by atoms with van der Waals surface area (Å²) in [7, 11) is 0. The number of carbonyl (C=O) groups is 2. The van der Waals surface area contributed by atoms with Gasteiger partial charge in [-0.2, -0.15) is 0 Å². The highest BCUT2D eigenvalue weighted by molar-refractivity contribution is 9.09. The number of pyridine rings is 1. The van der Waals surface area contributed by atoms with Crippen LogP contribution in [0.2, 0.25) is 0 Å². The molecule has 1 amide bonds. The van der Waals surface area contributed by atoms with Crippen molar-refractivity contribution in [3.63, 3.8) is 0 Å². The Morgan fingerprint density at radius 1 is 1.56 bits per heavy atom. The van der Waals surface area contributed by atoms with Crippen molar-refractivity contribution in [3.8, 4) is 0 Å². The number of halogens is 2. The molecular weight excluding hydrogens is 283 g/mol. The van der Waals surface area contributed by atoms with E-state index in [2.05, 4.69) is 20.9 Å². The number of rotatable bonds is 4. The second kappa shape index (κ2) is 5.55. The van der Waals surface area contributed by atoms with Gasteiger partial charge in [-0.05, 0) is 6.07 Å². The number of carbonyl (C=O) groups excluding carboxylic acids is 1. The average molecular weight is 291 g/mol. The van der Waals surface area contributed by atoms with Crippen molar-refractivity contribution >= 4 is 27.8 Å². The number of nitrogens with one attached hydrogen (secondary N) is 1. The van der Waals surface area contributed by atoms with Crippen LogP contribution in [0.1, 0.15) is 16.1 Å². The molecule has 1 heterocycles. The van der Waals surface area contributed by atoms with E-state index in [1.807, 2.05) is 5.32 Å².